The summed E-state index contributed by atoms with van der Waals surface area (Å²) in [7, 11) is 1.70. The molecule has 1 heterocycles. The molecule has 0 aliphatic heterocycles. The molecular formula is C14H20N2O. The molecule has 1 aromatic heterocycles. The molecule has 0 aliphatic carbocycles. The Kier molecular flexibility index (Phi) is 3.38. The lowest BCUT2D eigenvalue weighted by Gasteiger charge is -2.04. The summed E-state index contributed by atoms with van der Waals surface area (Å²) in [5, 5.41) is 1.25. The minimum Gasteiger partial charge on any atom is -0.497 e. The molecule has 0 bridgehead atoms. The summed E-state index contributed by atoms with van der Waals surface area (Å²) < 4.78 is 7.54. The van der Waals surface area contributed by atoms with Gasteiger partial charge >= 0.3 is 0 Å². The van der Waals surface area contributed by atoms with E-state index < -0.39 is 0 Å². The SMILES string of the molecule is CCn1cc(CC(C)N)c2cc(OC)ccc21. The smallest absolute Gasteiger partial charge is 0.119 e. The van der Waals surface area contributed by atoms with E-state index in [0.29, 0.717) is 0 Å². The van der Waals surface area contributed by atoms with Crippen LogP contribution >= 0.6 is 0 Å². The molecule has 0 aliphatic rings. The van der Waals surface area contributed by atoms with Crippen molar-refractivity contribution >= 4 is 10.9 Å². The highest BCUT2D eigenvalue weighted by Crippen LogP contribution is 2.26. The first kappa shape index (κ1) is 12.0. The van der Waals surface area contributed by atoms with Gasteiger partial charge in [-0.2, -0.15) is 0 Å². The van der Waals surface area contributed by atoms with Crippen molar-refractivity contribution in [1.29, 1.82) is 0 Å². The van der Waals surface area contributed by atoms with Crippen LogP contribution in [0.15, 0.2) is 24.4 Å². The average molecular weight is 232 g/mol. The summed E-state index contributed by atoms with van der Waals surface area (Å²) in [6.45, 7) is 5.16. The van der Waals surface area contributed by atoms with Gasteiger partial charge in [-0.05, 0) is 44.0 Å². The van der Waals surface area contributed by atoms with Gasteiger partial charge in [0.1, 0.15) is 5.75 Å². The van der Waals surface area contributed by atoms with E-state index in [1.54, 1.807) is 7.11 Å². The monoisotopic (exact) mass is 232 g/mol. The van der Waals surface area contributed by atoms with Crippen molar-refractivity contribution in [1.82, 2.24) is 4.57 Å². The van der Waals surface area contributed by atoms with Crippen LogP contribution in [-0.4, -0.2) is 17.7 Å². The van der Waals surface area contributed by atoms with E-state index in [1.165, 1.54) is 16.5 Å². The lowest BCUT2D eigenvalue weighted by molar-refractivity contribution is 0.415. The van der Waals surface area contributed by atoms with Gasteiger partial charge in [0.15, 0.2) is 0 Å². The Bertz CT molecular complexity index is 514. The average Bonchev–Trinajstić information content (AvgIpc) is 2.66. The summed E-state index contributed by atoms with van der Waals surface area (Å²) in [6, 6.07) is 6.39. The zero-order chi connectivity index (χ0) is 12.4. The minimum atomic E-state index is 0.178. The Morgan fingerprint density at radius 3 is 2.76 bits per heavy atom. The molecule has 0 saturated carbocycles. The molecule has 3 heteroatoms. The first-order chi connectivity index (χ1) is 8.15. The van der Waals surface area contributed by atoms with Crippen LogP contribution in [0.1, 0.15) is 19.4 Å². The van der Waals surface area contributed by atoms with Crippen LogP contribution in [0.25, 0.3) is 10.9 Å². The van der Waals surface area contributed by atoms with Crippen molar-refractivity contribution in [3.05, 3.63) is 30.0 Å². The third-order valence-corrected chi connectivity index (χ3v) is 3.05. The Hall–Kier alpha value is -1.48. The third kappa shape index (κ3) is 2.29. The van der Waals surface area contributed by atoms with Crippen LogP contribution in [0.3, 0.4) is 0 Å². The van der Waals surface area contributed by atoms with Gasteiger partial charge in [0.2, 0.25) is 0 Å². The Morgan fingerprint density at radius 1 is 1.41 bits per heavy atom. The second kappa shape index (κ2) is 4.80. The van der Waals surface area contributed by atoms with Gasteiger partial charge in [0.25, 0.3) is 0 Å². The summed E-state index contributed by atoms with van der Waals surface area (Å²) in [5.41, 5.74) is 8.45. The Balaban J connectivity index is 2.57. The number of nitrogens with two attached hydrogens (primary N) is 1. The van der Waals surface area contributed by atoms with Crippen molar-refractivity contribution in [2.45, 2.75) is 32.9 Å². The number of fused-ring (bicyclic) bond motifs is 1. The van der Waals surface area contributed by atoms with Crippen LogP contribution < -0.4 is 10.5 Å². The first-order valence-corrected chi connectivity index (χ1v) is 6.07. The van der Waals surface area contributed by atoms with Gasteiger partial charge in [-0.25, -0.2) is 0 Å². The highest BCUT2D eigenvalue weighted by atomic mass is 16.5. The first-order valence-electron chi connectivity index (χ1n) is 6.07. The highest BCUT2D eigenvalue weighted by molar-refractivity contribution is 5.85. The van der Waals surface area contributed by atoms with E-state index in [2.05, 4.69) is 29.8 Å². The van der Waals surface area contributed by atoms with E-state index in [9.17, 15) is 0 Å². The van der Waals surface area contributed by atoms with E-state index >= 15 is 0 Å². The van der Waals surface area contributed by atoms with Crippen molar-refractivity contribution < 1.29 is 4.74 Å². The molecule has 1 unspecified atom stereocenters. The molecule has 1 atom stereocenters. The Morgan fingerprint density at radius 2 is 2.18 bits per heavy atom. The number of methoxy groups -OCH3 is 1. The lowest BCUT2D eigenvalue weighted by atomic mass is 10.1. The molecular weight excluding hydrogens is 212 g/mol. The number of nitrogens with zero attached hydrogens (tertiary/aromatic N) is 1. The fourth-order valence-electron chi connectivity index (χ4n) is 2.25. The molecule has 0 radical (unpaired) electrons. The normalized spacial score (nSPS) is 12.9. The standard InChI is InChI=1S/C14H20N2O/c1-4-16-9-11(7-10(2)15)13-8-12(17-3)5-6-14(13)16/h5-6,8-10H,4,7,15H2,1-3H3. The molecule has 2 rings (SSSR count). The van der Waals surface area contributed by atoms with Gasteiger partial charge in [-0.15, -0.1) is 0 Å². The molecule has 2 aromatic rings. The number of benzene rings is 1. The van der Waals surface area contributed by atoms with Crippen molar-refractivity contribution in [2.75, 3.05) is 7.11 Å². The molecule has 0 amide bonds. The maximum Gasteiger partial charge on any atom is 0.119 e. The zero-order valence-electron chi connectivity index (χ0n) is 10.7. The van der Waals surface area contributed by atoms with Gasteiger partial charge in [0, 0.05) is 29.7 Å². The fourth-order valence-corrected chi connectivity index (χ4v) is 2.25. The third-order valence-electron chi connectivity index (χ3n) is 3.05. The van der Waals surface area contributed by atoms with Crippen LogP contribution in [-0.2, 0) is 13.0 Å². The van der Waals surface area contributed by atoms with E-state index in [4.69, 9.17) is 10.5 Å². The molecule has 2 N–H and O–H groups in total. The van der Waals surface area contributed by atoms with E-state index in [-0.39, 0.29) is 6.04 Å². The van der Waals surface area contributed by atoms with Gasteiger partial charge in [-0.1, -0.05) is 0 Å². The summed E-state index contributed by atoms with van der Waals surface area (Å²) >= 11 is 0. The summed E-state index contributed by atoms with van der Waals surface area (Å²) in [4.78, 5) is 0. The van der Waals surface area contributed by atoms with Gasteiger partial charge in [-0.3, -0.25) is 0 Å². The van der Waals surface area contributed by atoms with Gasteiger partial charge in [0.05, 0.1) is 7.11 Å². The molecule has 0 spiro atoms. The number of aromatic nitrogens is 1. The highest BCUT2D eigenvalue weighted by Gasteiger charge is 2.10. The van der Waals surface area contributed by atoms with E-state index in [0.717, 1.165) is 18.7 Å². The van der Waals surface area contributed by atoms with Crippen molar-refractivity contribution in [3.8, 4) is 5.75 Å². The fraction of sp³-hybridized carbons (Fsp3) is 0.429. The number of rotatable bonds is 4. The van der Waals surface area contributed by atoms with Crippen molar-refractivity contribution in [3.63, 3.8) is 0 Å². The topological polar surface area (TPSA) is 40.2 Å². The minimum absolute atomic E-state index is 0.178. The zero-order valence-corrected chi connectivity index (χ0v) is 10.7. The van der Waals surface area contributed by atoms with Crippen LogP contribution in [0.4, 0.5) is 0 Å². The molecule has 0 saturated heterocycles. The largest absolute Gasteiger partial charge is 0.497 e. The maximum atomic E-state index is 5.90. The molecule has 0 fully saturated rings. The molecule has 3 nitrogen and oxygen atoms in total. The predicted molar refractivity (Wildman–Crippen MR) is 71.5 cm³/mol. The second-order valence-corrected chi connectivity index (χ2v) is 4.50. The lowest BCUT2D eigenvalue weighted by Crippen LogP contribution is -2.17. The van der Waals surface area contributed by atoms with Crippen LogP contribution in [0.5, 0.6) is 5.75 Å². The number of hydrogen-bond acceptors (Lipinski definition) is 2. The second-order valence-electron chi connectivity index (χ2n) is 4.50. The van der Waals surface area contributed by atoms with Crippen LogP contribution in [0, 0.1) is 0 Å². The summed E-state index contributed by atoms with van der Waals surface area (Å²) in [6.07, 6.45) is 3.10. The predicted octanol–water partition coefficient (Wildman–Crippen LogP) is 2.56. The van der Waals surface area contributed by atoms with Gasteiger partial charge < -0.3 is 15.0 Å². The quantitative estimate of drug-likeness (QED) is 0.880. The maximum absolute atomic E-state index is 5.90. The Labute approximate surface area is 102 Å². The molecule has 92 valence electrons. The number of hydrogen-bond donors (Lipinski definition) is 1. The number of aryl methyl sites for hydroxylation is 1. The molecule has 1 aromatic carbocycles. The van der Waals surface area contributed by atoms with Crippen molar-refractivity contribution in [2.24, 2.45) is 5.73 Å². The van der Waals surface area contributed by atoms with Crippen LogP contribution in [0.2, 0.25) is 0 Å². The molecule has 17 heavy (non-hydrogen) atoms. The number of ether oxygens (including phenoxy) is 1. The summed E-state index contributed by atoms with van der Waals surface area (Å²) in [5.74, 6) is 0.900. The van der Waals surface area contributed by atoms with E-state index in [1.807, 2.05) is 13.0 Å².